The lowest BCUT2D eigenvalue weighted by Gasteiger charge is -2.20. The number of hydrogen-bond acceptors (Lipinski definition) is 2. The molecule has 1 fully saturated rings. The largest absolute Gasteiger partial charge is 0.348 e. The second-order valence-corrected chi connectivity index (χ2v) is 4.75. The summed E-state index contributed by atoms with van der Waals surface area (Å²) in [6.45, 7) is 8.47. The molecule has 0 aliphatic carbocycles. The highest BCUT2D eigenvalue weighted by molar-refractivity contribution is 5.83. The van der Waals surface area contributed by atoms with E-state index in [1.807, 2.05) is 6.92 Å². The summed E-state index contributed by atoms with van der Waals surface area (Å²) in [7, 11) is 0. The van der Waals surface area contributed by atoms with Gasteiger partial charge in [0.1, 0.15) is 5.84 Å². The lowest BCUT2D eigenvalue weighted by molar-refractivity contribution is 0.459. The van der Waals surface area contributed by atoms with E-state index in [9.17, 15) is 0 Å². The molecule has 1 atom stereocenters. The highest BCUT2D eigenvalue weighted by Crippen LogP contribution is 2.06. The summed E-state index contributed by atoms with van der Waals surface area (Å²) in [5.74, 6) is 1.11. The van der Waals surface area contributed by atoms with Crippen LogP contribution in [0.2, 0.25) is 0 Å². The van der Waals surface area contributed by atoms with Crippen molar-refractivity contribution in [2.75, 3.05) is 13.1 Å². The van der Waals surface area contributed by atoms with E-state index in [4.69, 9.17) is 4.99 Å². The first kappa shape index (κ1) is 15.0. The maximum Gasteiger partial charge on any atom is 0.101 e. The van der Waals surface area contributed by atoms with Gasteiger partial charge < -0.3 is 10.6 Å². The van der Waals surface area contributed by atoms with Gasteiger partial charge in [-0.3, -0.25) is 4.99 Å². The molecule has 1 aliphatic rings. The molecule has 1 aliphatic heterocycles. The Morgan fingerprint density at radius 2 is 2.33 bits per heavy atom. The smallest absolute Gasteiger partial charge is 0.101 e. The highest BCUT2D eigenvalue weighted by Gasteiger charge is 2.11. The molecule has 0 radical (unpaired) electrons. The fraction of sp³-hybridized carbons (Fsp3) is 0.667. The number of piperidine rings is 1. The fourth-order valence-electron chi connectivity index (χ4n) is 2.04. The van der Waals surface area contributed by atoms with Gasteiger partial charge >= 0.3 is 0 Å². The molecule has 3 nitrogen and oxygen atoms in total. The molecule has 2 N–H and O–H groups in total. The molecule has 0 spiro atoms. The summed E-state index contributed by atoms with van der Waals surface area (Å²) in [5.41, 5.74) is 1.19. The van der Waals surface area contributed by atoms with Gasteiger partial charge in [-0.05, 0) is 39.7 Å². The van der Waals surface area contributed by atoms with E-state index in [2.05, 4.69) is 42.7 Å². The van der Waals surface area contributed by atoms with Gasteiger partial charge in [-0.15, -0.1) is 0 Å². The third-order valence-electron chi connectivity index (χ3n) is 3.08. The Hall–Kier alpha value is -1.09. The van der Waals surface area contributed by atoms with Gasteiger partial charge in [-0.25, -0.2) is 0 Å². The van der Waals surface area contributed by atoms with Crippen LogP contribution in [0.4, 0.5) is 0 Å². The monoisotopic (exact) mass is 249 g/mol. The Balaban J connectivity index is 2.49. The standard InChI is InChI=1S/C15H27N3/c1-4-6-7-9-13(3)17-15(5-2)18-14-10-8-11-16-12-14/h4,6,9,14,16H,5,7-8,10-12H2,1-3H3,(H,17,18)/b6-4?,13-9-. The first-order valence-electron chi connectivity index (χ1n) is 7.08. The fourth-order valence-corrected chi connectivity index (χ4v) is 2.04. The predicted octanol–water partition coefficient (Wildman–Crippen LogP) is 3.01. The molecular weight excluding hydrogens is 222 g/mol. The number of amidine groups is 1. The molecule has 0 aromatic rings. The lowest BCUT2D eigenvalue weighted by Crippen LogP contribution is -2.34. The summed E-state index contributed by atoms with van der Waals surface area (Å²) >= 11 is 0. The van der Waals surface area contributed by atoms with E-state index >= 15 is 0 Å². The van der Waals surface area contributed by atoms with Crippen molar-refractivity contribution in [3.63, 3.8) is 0 Å². The number of aliphatic imine (C=N–C) groups is 1. The van der Waals surface area contributed by atoms with E-state index in [1.165, 1.54) is 18.5 Å². The van der Waals surface area contributed by atoms with E-state index in [1.54, 1.807) is 0 Å². The van der Waals surface area contributed by atoms with E-state index in [0.29, 0.717) is 6.04 Å². The van der Waals surface area contributed by atoms with Crippen molar-refractivity contribution < 1.29 is 0 Å². The molecule has 1 rings (SSSR count). The number of nitrogens with zero attached hydrogens (tertiary/aromatic N) is 1. The zero-order valence-electron chi connectivity index (χ0n) is 12.0. The summed E-state index contributed by atoms with van der Waals surface area (Å²) in [5, 5.41) is 6.82. The Labute approximate surface area is 111 Å². The Bertz CT molecular complexity index is 310. The molecule has 1 heterocycles. The van der Waals surface area contributed by atoms with Gasteiger partial charge in [0.15, 0.2) is 0 Å². The second-order valence-electron chi connectivity index (χ2n) is 4.75. The Morgan fingerprint density at radius 3 is 2.94 bits per heavy atom. The average molecular weight is 249 g/mol. The van der Waals surface area contributed by atoms with Crippen molar-refractivity contribution in [1.82, 2.24) is 10.6 Å². The molecule has 0 amide bonds. The van der Waals surface area contributed by atoms with Gasteiger partial charge in [-0.2, -0.15) is 0 Å². The van der Waals surface area contributed by atoms with Crippen molar-refractivity contribution in [2.45, 2.75) is 52.5 Å². The summed E-state index contributed by atoms with van der Waals surface area (Å²) in [6, 6.07) is 0.449. The zero-order chi connectivity index (χ0) is 13.2. The number of rotatable bonds is 5. The molecular formula is C15H27N3. The minimum atomic E-state index is 0.449. The maximum absolute atomic E-state index is 4.81. The van der Waals surface area contributed by atoms with Gasteiger partial charge in [0.25, 0.3) is 0 Å². The molecule has 0 saturated carbocycles. The lowest BCUT2D eigenvalue weighted by atomic mass is 10.1. The van der Waals surface area contributed by atoms with Crippen molar-refractivity contribution in [3.8, 4) is 0 Å². The highest BCUT2D eigenvalue weighted by atomic mass is 15.0. The Kier molecular flexibility index (Phi) is 7.42. The average Bonchev–Trinajstić information content (AvgIpc) is 2.39. The SMILES string of the molecule is CC=CC/C=C(/C)NC(CC)=NC1CCCNC1. The molecule has 0 aromatic heterocycles. The van der Waals surface area contributed by atoms with Crippen LogP contribution in [-0.2, 0) is 0 Å². The van der Waals surface area contributed by atoms with Crippen LogP contribution in [0.15, 0.2) is 28.9 Å². The maximum atomic E-state index is 4.81. The van der Waals surface area contributed by atoms with Crippen LogP contribution in [0, 0.1) is 0 Å². The van der Waals surface area contributed by atoms with Gasteiger partial charge in [0.2, 0.25) is 0 Å². The van der Waals surface area contributed by atoms with Gasteiger partial charge in [-0.1, -0.05) is 25.2 Å². The van der Waals surface area contributed by atoms with Crippen LogP contribution in [0.1, 0.15) is 46.5 Å². The van der Waals surface area contributed by atoms with E-state index in [0.717, 1.165) is 31.8 Å². The summed E-state index contributed by atoms with van der Waals surface area (Å²) in [6.07, 6.45) is 10.8. The van der Waals surface area contributed by atoms with Crippen LogP contribution in [0.3, 0.4) is 0 Å². The van der Waals surface area contributed by atoms with Gasteiger partial charge in [0.05, 0.1) is 6.04 Å². The third-order valence-corrected chi connectivity index (χ3v) is 3.08. The van der Waals surface area contributed by atoms with E-state index in [-0.39, 0.29) is 0 Å². The summed E-state index contributed by atoms with van der Waals surface area (Å²) in [4.78, 5) is 4.81. The first-order chi connectivity index (χ1) is 8.76. The van der Waals surface area contributed by atoms with Crippen molar-refractivity contribution in [1.29, 1.82) is 0 Å². The third kappa shape index (κ3) is 6.01. The molecule has 18 heavy (non-hydrogen) atoms. The predicted molar refractivity (Wildman–Crippen MR) is 79.9 cm³/mol. The van der Waals surface area contributed by atoms with Crippen LogP contribution in [0.5, 0.6) is 0 Å². The molecule has 102 valence electrons. The first-order valence-corrected chi connectivity index (χ1v) is 7.08. The van der Waals surface area contributed by atoms with Crippen LogP contribution in [-0.4, -0.2) is 25.0 Å². The molecule has 0 bridgehead atoms. The van der Waals surface area contributed by atoms with E-state index < -0.39 is 0 Å². The Morgan fingerprint density at radius 1 is 1.50 bits per heavy atom. The number of allylic oxidation sites excluding steroid dienone is 4. The minimum absolute atomic E-state index is 0.449. The van der Waals surface area contributed by atoms with Gasteiger partial charge in [0, 0.05) is 18.7 Å². The zero-order valence-corrected chi connectivity index (χ0v) is 12.0. The topological polar surface area (TPSA) is 36.4 Å². The normalized spacial score (nSPS) is 22.5. The minimum Gasteiger partial charge on any atom is -0.348 e. The number of hydrogen-bond donors (Lipinski definition) is 2. The summed E-state index contributed by atoms with van der Waals surface area (Å²) < 4.78 is 0. The number of nitrogens with one attached hydrogen (secondary N) is 2. The second kappa shape index (κ2) is 8.92. The van der Waals surface area contributed by atoms with Crippen LogP contribution >= 0.6 is 0 Å². The van der Waals surface area contributed by atoms with Crippen molar-refractivity contribution in [2.24, 2.45) is 4.99 Å². The van der Waals surface area contributed by atoms with Crippen molar-refractivity contribution >= 4 is 5.84 Å². The molecule has 3 heteroatoms. The molecule has 1 unspecified atom stereocenters. The quantitative estimate of drug-likeness (QED) is 0.446. The molecule has 0 aromatic carbocycles. The molecule has 1 saturated heterocycles. The van der Waals surface area contributed by atoms with Crippen LogP contribution < -0.4 is 10.6 Å². The van der Waals surface area contributed by atoms with Crippen molar-refractivity contribution in [3.05, 3.63) is 23.9 Å². The van der Waals surface area contributed by atoms with Crippen LogP contribution in [0.25, 0.3) is 0 Å².